The molecule has 2 N–H and O–H groups in total. The van der Waals surface area contributed by atoms with E-state index >= 15 is 0 Å². The number of para-hydroxylation sites is 1. The zero-order valence-corrected chi connectivity index (χ0v) is 11.6. The molecule has 3 aromatic rings. The number of carbonyl (C=O) groups is 2. The van der Waals surface area contributed by atoms with Crippen LogP contribution in [0.2, 0.25) is 0 Å². The standard InChI is InChI=1S/C17H13NO4/c19-16(20)14-12-8-4-5-9-13(12)18(15(14)17(21)22)10-11-6-2-1-3-7-11/h1-9H,10H2,(H,19,20)(H,21,22). The number of aromatic carboxylic acids is 2. The lowest BCUT2D eigenvalue weighted by atomic mass is 10.1. The summed E-state index contributed by atoms with van der Waals surface area (Å²) in [5.74, 6) is -2.48. The summed E-state index contributed by atoms with van der Waals surface area (Å²) in [4.78, 5) is 23.2. The third kappa shape index (κ3) is 2.22. The Morgan fingerprint density at radius 1 is 0.864 bits per heavy atom. The molecule has 5 nitrogen and oxygen atoms in total. The number of rotatable bonds is 4. The second-order valence-corrected chi connectivity index (χ2v) is 4.92. The summed E-state index contributed by atoms with van der Waals surface area (Å²) in [6.45, 7) is 0.302. The van der Waals surface area contributed by atoms with Crippen LogP contribution in [0, 0.1) is 0 Å². The van der Waals surface area contributed by atoms with Crippen molar-refractivity contribution in [2.24, 2.45) is 0 Å². The molecule has 1 heterocycles. The van der Waals surface area contributed by atoms with Crippen LogP contribution in [0.4, 0.5) is 0 Å². The molecular formula is C17H13NO4. The van der Waals surface area contributed by atoms with Crippen LogP contribution in [0.25, 0.3) is 10.9 Å². The Kier molecular flexibility index (Phi) is 3.39. The minimum absolute atomic E-state index is 0.168. The monoisotopic (exact) mass is 295 g/mol. The number of nitrogens with zero attached hydrogens (tertiary/aromatic N) is 1. The molecule has 0 bridgehead atoms. The predicted octanol–water partition coefficient (Wildman–Crippen LogP) is 3.09. The van der Waals surface area contributed by atoms with Crippen LogP contribution in [-0.4, -0.2) is 26.7 Å². The molecule has 0 spiro atoms. The molecule has 110 valence electrons. The van der Waals surface area contributed by atoms with Gasteiger partial charge in [0, 0.05) is 17.4 Å². The Labute approximate surface area is 126 Å². The molecule has 0 saturated heterocycles. The molecule has 22 heavy (non-hydrogen) atoms. The van der Waals surface area contributed by atoms with Gasteiger partial charge < -0.3 is 14.8 Å². The minimum Gasteiger partial charge on any atom is -0.478 e. The van der Waals surface area contributed by atoms with Crippen LogP contribution in [0.1, 0.15) is 26.4 Å². The fourth-order valence-corrected chi connectivity index (χ4v) is 2.67. The lowest BCUT2D eigenvalue weighted by molar-refractivity contribution is 0.0645. The number of carboxylic acid groups (broad SMARTS) is 2. The second-order valence-electron chi connectivity index (χ2n) is 4.92. The Hall–Kier alpha value is -3.08. The first kappa shape index (κ1) is 13.9. The average Bonchev–Trinajstić information content (AvgIpc) is 2.83. The molecule has 0 amide bonds. The first-order valence-electron chi connectivity index (χ1n) is 6.71. The van der Waals surface area contributed by atoms with E-state index in [4.69, 9.17) is 0 Å². The van der Waals surface area contributed by atoms with Crippen LogP contribution in [-0.2, 0) is 6.54 Å². The molecular weight excluding hydrogens is 282 g/mol. The van der Waals surface area contributed by atoms with E-state index < -0.39 is 11.9 Å². The van der Waals surface area contributed by atoms with E-state index in [2.05, 4.69) is 0 Å². The summed E-state index contributed by atoms with van der Waals surface area (Å²) < 4.78 is 1.54. The largest absolute Gasteiger partial charge is 0.478 e. The molecule has 1 aromatic heterocycles. The number of hydrogen-bond acceptors (Lipinski definition) is 2. The van der Waals surface area contributed by atoms with E-state index in [1.54, 1.807) is 24.3 Å². The van der Waals surface area contributed by atoms with Gasteiger partial charge in [-0.05, 0) is 11.6 Å². The summed E-state index contributed by atoms with van der Waals surface area (Å²) in [5.41, 5.74) is 1.14. The van der Waals surface area contributed by atoms with E-state index in [0.717, 1.165) is 5.56 Å². The maximum Gasteiger partial charge on any atom is 0.353 e. The van der Waals surface area contributed by atoms with Crippen molar-refractivity contribution in [2.45, 2.75) is 6.54 Å². The molecule has 5 heteroatoms. The zero-order valence-electron chi connectivity index (χ0n) is 11.6. The van der Waals surface area contributed by atoms with Gasteiger partial charge in [0.2, 0.25) is 0 Å². The van der Waals surface area contributed by atoms with Crippen LogP contribution in [0.5, 0.6) is 0 Å². The zero-order chi connectivity index (χ0) is 15.7. The third-order valence-electron chi connectivity index (χ3n) is 3.57. The molecule has 0 aliphatic carbocycles. The highest BCUT2D eigenvalue weighted by molar-refractivity contribution is 6.12. The van der Waals surface area contributed by atoms with Crippen molar-refractivity contribution >= 4 is 22.8 Å². The first-order chi connectivity index (χ1) is 10.6. The summed E-state index contributed by atoms with van der Waals surface area (Å²) in [5, 5.41) is 19.3. The SMILES string of the molecule is O=C(O)c1c(C(=O)O)n(Cc2ccccc2)c2ccccc12. The lowest BCUT2D eigenvalue weighted by Crippen LogP contribution is -2.13. The van der Waals surface area contributed by atoms with Gasteiger partial charge in [-0.2, -0.15) is 0 Å². The summed E-state index contributed by atoms with van der Waals surface area (Å²) >= 11 is 0. The molecule has 0 unspecified atom stereocenters. The smallest absolute Gasteiger partial charge is 0.353 e. The quantitative estimate of drug-likeness (QED) is 0.775. The van der Waals surface area contributed by atoms with Gasteiger partial charge in [-0.25, -0.2) is 9.59 Å². The van der Waals surface area contributed by atoms with E-state index in [0.29, 0.717) is 17.4 Å². The van der Waals surface area contributed by atoms with Gasteiger partial charge in [-0.1, -0.05) is 48.5 Å². The highest BCUT2D eigenvalue weighted by Gasteiger charge is 2.26. The summed E-state index contributed by atoms with van der Waals surface area (Å²) in [6, 6.07) is 16.2. The van der Waals surface area contributed by atoms with Gasteiger partial charge in [0.05, 0.1) is 5.56 Å². The first-order valence-corrected chi connectivity index (χ1v) is 6.71. The van der Waals surface area contributed by atoms with E-state index in [9.17, 15) is 19.8 Å². The Morgan fingerprint density at radius 2 is 1.50 bits per heavy atom. The van der Waals surface area contributed by atoms with Crippen molar-refractivity contribution in [3.05, 3.63) is 71.4 Å². The lowest BCUT2D eigenvalue weighted by Gasteiger charge is -2.08. The van der Waals surface area contributed by atoms with Crippen molar-refractivity contribution in [1.29, 1.82) is 0 Å². The molecule has 2 aromatic carbocycles. The van der Waals surface area contributed by atoms with Crippen LogP contribution >= 0.6 is 0 Å². The molecule has 0 aliphatic rings. The van der Waals surface area contributed by atoms with Gasteiger partial charge in [0.25, 0.3) is 0 Å². The predicted molar refractivity (Wildman–Crippen MR) is 81.4 cm³/mol. The van der Waals surface area contributed by atoms with Gasteiger partial charge >= 0.3 is 11.9 Å². The second kappa shape index (κ2) is 5.37. The van der Waals surface area contributed by atoms with Gasteiger partial charge in [0.15, 0.2) is 0 Å². The number of hydrogen-bond donors (Lipinski definition) is 2. The normalized spacial score (nSPS) is 10.7. The molecule has 0 saturated carbocycles. The van der Waals surface area contributed by atoms with Crippen molar-refractivity contribution in [3.63, 3.8) is 0 Å². The minimum atomic E-state index is -1.25. The summed E-state index contributed by atoms with van der Waals surface area (Å²) in [6.07, 6.45) is 0. The van der Waals surface area contributed by atoms with Crippen LogP contribution < -0.4 is 0 Å². The molecule has 0 atom stereocenters. The Bertz CT molecular complexity index is 865. The molecule has 3 rings (SSSR count). The summed E-state index contributed by atoms with van der Waals surface area (Å²) in [7, 11) is 0. The maximum atomic E-state index is 11.6. The Morgan fingerprint density at radius 3 is 2.14 bits per heavy atom. The van der Waals surface area contributed by atoms with E-state index in [1.165, 1.54) is 4.57 Å². The molecule has 0 fully saturated rings. The number of aromatic nitrogens is 1. The highest BCUT2D eigenvalue weighted by atomic mass is 16.4. The van der Waals surface area contributed by atoms with E-state index in [1.807, 2.05) is 30.3 Å². The number of fused-ring (bicyclic) bond motifs is 1. The van der Waals surface area contributed by atoms with Gasteiger partial charge in [-0.3, -0.25) is 0 Å². The molecule has 0 radical (unpaired) electrons. The van der Waals surface area contributed by atoms with Crippen molar-refractivity contribution in [2.75, 3.05) is 0 Å². The third-order valence-corrected chi connectivity index (χ3v) is 3.57. The topological polar surface area (TPSA) is 79.5 Å². The highest BCUT2D eigenvalue weighted by Crippen LogP contribution is 2.27. The van der Waals surface area contributed by atoms with Crippen molar-refractivity contribution < 1.29 is 19.8 Å². The fourth-order valence-electron chi connectivity index (χ4n) is 2.67. The molecule has 0 aliphatic heterocycles. The van der Waals surface area contributed by atoms with E-state index in [-0.39, 0.29) is 11.3 Å². The van der Waals surface area contributed by atoms with Crippen molar-refractivity contribution in [1.82, 2.24) is 4.57 Å². The number of carboxylic acids is 2. The Balaban J connectivity index is 2.30. The maximum absolute atomic E-state index is 11.6. The fraction of sp³-hybridized carbons (Fsp3) is 0.0588. The van der Waals surface area contributed by atoms with Crippen LogP contribution in [0.3, 0.4) is 0 Å². The van der Waals surface area contributed by atoms with Gasteiger partial charge in [0.1, 0.15) is 5.69 Å². The van der Waals surface area contributed by atoms with Crippen LogP contribution in [0.15, 0.2) is 54.6 Å². The van der Waals surface area contributed by atoms with Gasteiger partial charge in [-0.15, -0.1) is 0 Å². The van der Waals surface area contributed by atoms with Crippen molar-refractivity contribution in [3.8, 4) is 0 Å². The average molecular weight is 295 g/mol. The number of benzene rings is 2.